The molecule has 3 rings (SSSR count). The average molecular weight is 409 g/mol. The molecule has 1 aliphatic heterocycles. The number of anilines is 1. The summed E-state index contributed by atoms with van der Waals surface area (Å²) in [5, 5.41) is 6.67. The zero-order valence-electron chi connectivity index (χ0n) is 18.1. The Bertz CT molecular complexity index is 858. The van der Waals surface area contributed by atoms with Crippen molar-refractivity contribution < 1.29 is 9.47 Å². The smallest absolute Gasteiger partial charge is 0.191 e. The zero-order chi connectivity index (χ0) is 21.2. The van der Waals surface area contributed by atoms with Crippen molar-refractivity contribution in [2.24, 2.45) is 4.99 Å². The summed E-state index contributed by atoms with van der Waals surface area (Å²) in [4.78, 5) is 7.09. The molecule has 6 nitrogen and oxygen atoms in total. The first-order valence-corrected chi connectivity index (χ1v) is 10.5. The van der Waals surface area contributed by atoms with Gasteiger partial charge in [0.15, 0.2) is 17.5 Å². The largest absolute Gasteiger partial charge is 0.493 e. The molecule has 6 heteroatoms. The fourth-order valence-corrected chi connectivity index (χ4v) is 3.27. The highest BCUT2D eigenvalue weighted by Crippen LogP contribution is 2.26. The van der Waals surface area contributed by atoms with Crippen LogP contribution in [0.4, 0.5) is 5.69 Å². The van der Waals surface area contributed by atoms with Crippen LogP contribution in [0.5, 0.6) is 11.5 Å². The van der Waals surface area contributed by atoms with Gasteiger partial charge in [-0.15, -0.1) is 0 Å². The molecule has 0 saturated carbocycles. The Balaban J connectivity index is 1.56. The van der Waals surface area contributed by atoms with Gasteiger partial charge in [-0.1, -0.05) is 36.4 Å². The maximum Gasteiger partial charge on any atom is 0.191 e. The Labute approximate surface area is 179 Å². The van der Waals surface area contributed by atoms with Gasteiger partial charge in [0, 0.05) is 25.3 Å². The first-order chi connectivity index (χ1) is 14.7. The van der Waals surface area contributed by atoms with Crippen molar-refractivity contribution in [2.75, 3.05) is 38.2 Å². The number of guanidine groups is 1. The predicted molar refractivity (Wildman–Crippen MR) is 124 cm³/mol. The van der Waals surface area contributed by atoms with E-state index in [-0.39, 0.29) is 6.10 Å². The molecule has 2 aromatic rings. The van der Waals surface area contributed by atoms with Crippen molar-refractivity contribution in [1.82, 2.24) is 10.6 Å². The summed E-state index contributed by atoms with van der Waals surface area (Å²) < 4.78 is 11.4. The van der Waals surface area contributed by atoms with Gasteiger partial charge in [-0.3, -0.25) is 0 Å². The maximum atomic E-state index is 6.02. The second-order valence-electron chi connectivity index (χ2n) is 7.20. The lowest BCUT2D eigenvalue weighted by Gasteiger charge is -2.19. The van der Waals surface area contributed by atoms with E-state index in [0.717, 1.165) is 37.1 Å². The van der Waals surface area contributed by atoms with Crippen LogP contribution in [0, 0.1) is 0 Å². The molecular weight excluding hydrogens is 376 g/mol. The van der Waals surface area contributed by atoms with Gasteiger partial charge in [0.1, 0.15) is 6.10 Å². The summed E-state index contributed by atoms with van der Waals surface area (Å²) in [7, 11) is 1.65. The first-order valence-electron chi connectivity index (χ1n) is 10.5. The molecule has 1 heterocycles. The molecule has 2 aromatic carbocycles. The minimum Gasteiger partial charge on any atom is -0.493 e. The number of para-hydroxylation sites is 2. The standard InChI is InChI=1S/C24H32N4O2/c1-4-25-24(26-17-19(2)30-23-13-6-5-12-22(23)29-3)27-18-20-10-9-11-21(16-20)28-14-7-8-15-28/h5-13,16,19H,4,14-15,17-18H2,1-3H3,(H2,25,26,27). The van der Waals surface area contributed by atoms with Crippen molar-refractivity contribution in [3.63, 3.8) is 0 Å². The third-order valence-corrected chi connectivity index (χ3v) is 4.81. The number of aliphatic imine (C=N–C) groups is 1. The third-order valence-electron chi connectivity index (χ3n) is 4.81. The zero-order valence-corrected chi connectivity index (χ0v) is 18.1. The molecule has 2 N–H and O–H groups in total. The second-order valence-corrected chi connectivity index (χ2v) is 7.20. The van der Waals surface area contributed by atoms with Gasteiger partial charge in [0.25, 0.3) is 0 Å². The highest BCUT2D eigenvalue weighted by atomic mass is 16.5. The number of rotatable bonds is 9. The van der Waals surface area contributed by atoms with Gasteiger partial charge in [0.2, 0.25) is 0 Å². The van der Waals surface area contributed by atoms with E-state index in [4.69, 9.17) is 14.5 Å². The molecule has 1 unspecified atom stereocenters. The molecule has 0 radical (unpaired) electrons. The lowest BCUT2D eigenvalue weighted by Crippen LogP contribution is -2.41. The average Bonchev–Trinajstić information content (AvgIpc) is 3.31. The van der Waals surface area contributed by atoms with Gasteiger partial charge in [-0.25, -0.2) is 4.99 Å². The molecule has 160 valence electrons. The van der Waals surface area contributed by atoms with E-state index in [1.54, 1.807) is 7.11 Å². The number of ether oxygens (including phenoxy) is 2. The highest BCUT2D eigenvalue weighted by molar-refractivity contribution is 5.79. The number of methoxy groups -OCH3 is 1. The topological polar surface area (TPSA) is 58.1 Å². The lowest BCUT2D eigenvalue weighted by molar-refractivity contribution is 0.213. The summed E-state index contributed by atoms with van der Waals surface area (Å²) in [5.41, 5.74) is 2.43. The summed E-state index contributed by atoms with van der Waals surface area (Å²) in [6, 6.07) is 16.3. The van der Waals surface area contributed by atoms with Gasteiger partial charge in [0.05, 0.1) is 20.2 Å². The van der Waals surface area contributed by atoms with E-state index in [1.165, 1.54) is 11.3 Å². The van der Waals surface area contributed by atoms with Crippen LogP contribution in [0.1, 0.15) is 19.4 Å². The Morgan fingerprint density at radius 2 is 1.83 bits per heavy atom. The van der Waals surface area contributed by atoms with Gasteiger partial charge >= 0.3 is 0 Å². The van der Waals surface area contributed by atoms with E-state index >= 15 is 0 Å². The molecule has 1 aliphatic rings. The molecule has 30 heavy (non-hydrogen) atoms. The molecule has 0 amide bonds. The molecule has 0 saturated heterocycles. The van der Waals surface area contributed by atoms with Crippen LogP contribution in [0.25, 0.3) is 0 Å². The number of nitrogens with one attached hydrogen (secondary N) is 2. The Hall–Kier alpha value is -3.15. The SMILES string of the molecule is CCNC(=NCc1cccc(N2CC=CC2)c1)NCC(C)Oc1ccccc1OC. The van der Waals surface area contributed by atoms with Crippen molar-refractivity contribution in [2.45, 2.75) is 26.5 Å². The van der Waals surface area contributed by atoms with Crippen molar-refractivity contribution >= 4 is 11.6 Å². The minimum absolute atomic E-state index is 0.0452. The molecular formula is C24H32N4O2. The maximum absolute atomic E-state index is 6.02. The van der Waals surface area contributed by atoms with Crippen molar-refractivity contribution in [1.29, 1.82) is 0 Å². The van der Waals surface area contributed by atoms with E-state index in [9.17, 15) is 0 Å². The summed E-state index contributed by atoms with van der Waals surface area (Å²) >= 11 is 0. The molecule has 0 aromatic heterocycles. The predicted octanol–water partition coefficient (Wildman–Crippen LogP) is 3.59. The number of hydrogen-bond acceptors (Lipinski definition) is 4. The molecule has 0 aliphatic carbocycles. The fraction of sp³-hybridized carbons (Fsp3) is 0.375. The Morgan fingerprint density at radius 1 is 1.07 bits per heavy atom. The monoisotopic (exact) mass is 408 g/mol. The molecule has 0 bridgehead atoms. The van der Waals surface area contributed by atoms with Crippen LogP contribution in [-0.4, -0.2) is 45.4 Å². The number of benzene rings is 2. The third kappa shape index (κ3) is 6.17. The van der Waals surface area contributed by atoms with Crippen molar-refractivity contribution in [3.8, 4) is 11.5 Å². The van der Waals surface area contributed by atoms with Crippen LogP contribution in [-0.2, 0) is 6.54 Å². The highest BCUT2D eigenvalue weighted by Gasteiger charge is 2.10. The minimum atomic E-state index is -0.0452. The number of nitrogens with zero attached hydrogens (tertiary/aromatic N) is 2. The second kappa shape index (κ2) is 11.1. The summed E-state index contributed by atoms with van der Waals surface area (Å²) in [6.07, 6.45) is 4.36. The normalized spacial score (nSPS) is 14.5. The van der Waals surface area contributed by atoms with E-state index in [0.29, 0.717) is 13.1 Å². The Kier molecular flexibility index (Phi) is 8.01. The summed E-state index contributed by atoms with van der Waals surface area (Å²) in [5.74, 6) is 2.25. The van der Waals surface area contributed by atoms with Gasteiger partial charge in [-0.05, 0) is 43.7 Å². The van der Waals surface area contributed by atoms with Crippen molar-refractivity contribution in [3.05, 3.63) is 66.2 Å². The molecule has 1 atom stereocenters. The van der Waals surface area contributed by atoms with Crippen LogP contribution in [0.2, 0.25) is 0 Å². The van der Waals surface area contributed by atoms with E-state index < -0.39 is 0 Å². The molecule has 0 spiro atoms. The van der Waals surface area contributed by atoms with E-state index in [1.807, 2.05) is 31.2 Å². The van der Waals surface area contributed by atoms with Crippen LogP contribution < -0.4 is 25.0 Å². The van der Waals surface area contributed by atoms with Gasteiger partial charge < -0.3 is 25.0 Å². The van der Waals surface area contributed by atoms with Crippen LogP contribution >= 0.6 is 0 Å². The first kappa shape index (κ1) is 21.6. The Morgan fingerprint density at radius 3 is 2.57 bits per heavy atom. The van der Waals surface area contributed by atoms with Crippen LogP contribution in [0.15, 0.2) is 65.7 Å². The molecule has 0 fully saturated rings. The summed E-state index contributed by atoms with van der Waals surface area (Å²) in [6.45, 7) is 8.08. The quantitative estimate of drug-likeness (QED) is 0.377. The van der Waals surface area contributed by atoms with Crippen LogP contribution in [0.3, 0.4) is 0 Å². The fourth-order valence-electron chi connectivity index (χ4n) is 3.27. The van der Waals surface area contributed by atoms with E-state index in [2.05, 4.69) is 58.9 Å². The van der Waals surface area contributed by atoms with Gasteiger partial charge in [-0.2, -0.15) is 0 Å². The number of hydrogen-bond donors (Lipinski definition) is 2. The lowest BCUT2D eigenvalue weighted by atomic mass is 10.2.